The molecule has 1 aromatic carbocycles. The molecular weight excluding hydrogens is 317 g/mol. The number of furan rings is 1. The quantitative estimate of drug-likeness (QED) is 0.907. The molecule has 100 valence electrons. The Kier molecular flexibility index (Phi) is 4.34. The zero-order valence-electron chi connectivity index (χ0n) is 9.77. The summed E-state index contributed by atoms with van der Waals surface area (Å²) in [5.41, 5.74) is 0.305. The van der Waals surface area contributed by atoms with Gasteiger partial charge in [0.1, 0.15) is 17.7 Å². The Labute approximate surface area is 117 Å². The van der Waals surface area contributed by atoms with Gasteiger partial charge in [-0.1, -0.05) is 0 Å². The first kappa shape index (κ1) is 13.8. The molecule has 0 aliphatic rings. The molecule has 1 atom stereocenters. The molecule has 0 fully saturated rings. The van der Waals surface area contributed by atoms with Gasteiger partial charge in [0.15, 0.2) is 0 Å². The first-order valence-corrected chi connectivity index (χ1v) is 6.32. The number of nitrogens with one attached hydrogen (secondary N) is 1. The van der Waals surface area contributed by atoms with Crippen molar-refractivity contribution in [3.05, 3.63) is 58.2 Å². The standard InChI is InChI=1S/C13H11BrFNO3/c14-9-6-8(3-4-10(9)15)13(18)16-7-11(17)12-2-1-5-19-12/h1-6,11,17H,7H2,(H,16,18). The van der Waals surface area contributed by atoms with Gasteiger partial charge in [-0.2, -0.15) is 0 Å². The van der Waals surface area contributed by atoms with Crippen LogP contribution in [0.4, 0.5) is 4.39 Å². The van der Waals surface area contributed by atoms with Crippen LogP contribution in [0.3, 0.4) is 0 Å². The van der Waals surface area contributed by atoms with Gasteiger partial charge in [-0.05, 0) is 46.3 Å². The number of aliphatic hydroxyl groups excluding tert-OH is 1. The van der Waals surface area contributed by atoms with Crippen LogP contribution in [0.25, 0.3) is 0 Å². The third kappa shape index (κ3) is 3.42. The molecule has 1 aromatic heterocycles. The van der Waals surface area contributed by atoms with Gasteiger partial charge in [0, 0.05) is 5.56 Å². The summed E-state index contributed by atoms with van der Waals surface area (Å²) in [6.07, 6.45) is 0.528. The minimum Gasteiger partial charge on any atom is -0.467 e. The van der Waals surface area contributed by atoms with Gasteiger partial charge in [0.25, 0.3) is 5.91 Å². The Balaban J connectivity index is 1.96. The van der Waals surface area contributed by atoms with Crippen molar-refractivity contribution in [1.29, 1.82) is 0 Å². The largest absolute Gasteiger partial charge is 0.467 e. The first-order valence-electron chi connectivity index (χ1n) is 5.52. The van der Waals surface area contributed by atoms with Crippen LogP contribution in [0.2, 0.25) is 0 Å². The van der Waals surface area contributed by atoms with Crippen molar-refractivity contribution in [3.8, 4) is 0 Å². The zero-order valence-corrected chi connectivity index (χ0v) is 11.4. The highest BCUT2D eigenvalue weighted by molar-refractivity contribution is 9.10. The van der Waals surface area contributed by atoms with Crippen molar-refractivity contribution in [1.82, 2.24) is 5.32 Å². The first-order chi connectivity index (χ1) is 9.08. The van der Waals surface area contributed by atoms with Gasteiger partial charge in [-0.3, -0.25) is 4.79 Å². The van der Waals surface area contributed by atoms with Crippen molar-refractivity contribution in [2.45, 2.75) is 6.10 Å². The van der Waals surface area contributed by atoms with E-state index in [4.69, 9.17) is 4.42 Å². The third-order valence-corrected chi connectivity index (χ3v) is 3.12. The molecule has 0 radical (unpaired) electrons. The Morgan fingerprint density at radius 3 is 2.89 bits per heavy atom. The van der Waals surface area contributed by atoms with Crippen LogP contribution < -0.4 is 5.32 Å². The van der Waals surface area contributed by atoms with Crippen LogP contribution in [0.15, 0.2) is 45.5 Å². The van der Waals surface area contributed by atoms with Crippen molar-refractivity contribution in [3.63, 3.8) is 0 Å². The zero-order chi connectivity index (χ0) is 13.8. The van der Waals surface area contributed by atoms with Crippen LogP contribution in [-0.4, -0.2) is 17.6 Å². The summed E-state index contributed by atoms with van der Waals surface area (Å²) in [4.78, 5) is 11.8. The highest BCUT2D eigenvalue weighted by Crippen LogP contribution is 2.17. The van der Waals surface area contributed by atoms with Crippen molar-refractivity contribution in [2.24, 2.45) is 0 Å². The Morgan fingerprint density at radius 1 is 1.47 bits per heavy atom. The van der Waals surface area contributed by atoms with Crippen molar-refractivity contribution < 1.29 is 18.7 Å². The number of benzene rings is 1. The number of hydrogen-bond donors (Lipinski definition) is 2. The molecule has 2 aromatic rings. The van der Waals surface area contributed by atoms with E-state index in [1.807, 2.05) is 0 Å². The Morgan fingerprint density at radius 2 is 2.26 bits per heavy atom. The average Bonchev–Trinajstić information content (AvgIpc) is 2.92. The van der Waals surface area contributed by atoms with Gasteiger partial charge in [-0.15, -0.1) is 0 Å². The van der Waals surface area contributed by atoms with E-state index in [2.05, 4.69) is 21.2 Å². The monoisotopic (exact) mass is 327 g/mol. The fraction of sp³-hybridized carbons (Fsp3) is 0.154. The summed E-state index contributed by atoms with van der Waals surface area (Å²) in [5.74, 6) is -0.459. The van der Waals surface area contributed by atoms with Crippen LogP contribution in [0.5, 0.6) is 0 Å². The summed E-state index contributed by atoms with van der Waals surface area (Å²) < 4.78 is 18.3. The summed E-state index contributed by atoms with van der Waals surface area (Å²) in [6.45, 7) is 0.0152. The lowest BCUT2D eigenvalue weighted by Crippen LogP contribution is -2.28. The maximum Gasteiger partial charge on any atom is 0.251 e. The van der Waals surface area contributed by atoms with E-state index in [0.29, 0.717) is 11.3 Å². The molecule has 6 heteroatoms. The van der Waals surface area contributed by atoms with Gasteiger partial charge in [-0.25, -0.2) is 4.39 Å². The molecule has 0 aliphatic carbocycles. The second kappa shape index (κ2) is 5.99. The van der Waals surface area contributed by atoms with E-state index >= 15 is 0 Å². The number of carbonyl (C=O) groups excluding carboxylic acids is 1. The predicted molar refractivity (Wildman–Crippen MR) is 70.1 cm³/mol. The minimum absolute atomic E-state index is 0.0152. The Hall–Kier alpha value is -1.66. The molecule has 0 aliphatic heterocycles. The minimum atomic E-state index is -0.914. The van der Waals surface area contributed by atoms with Crippen molar-refractivity contribution >= 4 is 21.8 Å². The molecule has 19 heavy (non-hydrogen) atoms. The number of carbonyl (C=O) groups is 1. The lowest BCUT2D eigenvalue weighted by Gasteiger charge is -2.09. The van der Waals surface area contributed by atoms with Crippen LogP contribution in [0.1, 0.15) is 22.2 Å². The predicted octanol–water partition coefficient (Wildman–Crippen LogP) is 2.64. The molecule has 2 N–H and O–H groups in total. The third-order valence-electron chi connectivity index (χ3n) is 2.51. The molecule has 4 nitrogen and oxygen atoms in total. The van der Waals surface area contributed by atoms with E-state index in [9.17, 15) is 14.3 Å². The summed E-state index contributed by atoms with van der Waals surface area (Å²) in [7, 11) is 0. The van der Waals surface area contributed by atoms with Crippen molar-refractivity contribution in [2.75, 3.05) is 6.54 Å². The van der Waals surface area contributed by atoms with Crippen LogP contribution >= 0.6 is 15.9 Å². The topological polar surface area (TPSA) is 62.5 Å². The van der Waals surface area contributed by atoms with E-state index in [-0.39, 0.29) is 11.0 Å². The summed E-state index contributed by atoms with van der Waals surface area (Å²) in [5, 5.41) is 12.3. The molecule has 0 bridgehead atoms. The molecule has 1 unspecified atom stereocenters. The SMILES string of the molecule is O=C(NCC(O)c1ccco1)c1ccc(F)c(Br)c1. The molecule has 1 amide bonds. The number of hydrogen-bond acceptors (Lipinski definition) is 3. The average molecular weight is 328 g/mol. The molecular formula is C13H11BrFNO3. The lowest BCUT2D eigenvalue weighted by molar-refractivity contribution is 0.0901. The van der Waals surface area contributed by atoms with Crippen LogP contribution in [-0.2, 0) is 0 Å². The number of aliphatic hydroxyl groups is 1. The fourth-order valence-corrected chi connectivity index (χ4v) is 1.89. The Bertz CT molecular complexity index is 571. The normalized spacial score (nSPS) is 12.2. The highest BCUT2D eigenvalue weighted by Gasteiger charge is 2.13. The molecule has 0 saturated carbocycles. The molecule has 0 saturated heterocycles. The smallest absolute Gasteiger partial charge is 0.251 e. The van der Waals surface area contributed by atoms with E-state index < -0.39 is 17.8 Å². The highest BCUT2D eigenvalue weighted by atomic mass is 79.9. The number of amides is 1. The lowest BCUT2D eigenvalue weighted by atomic mass is 10.2. The maximum atomic E-state index is 13.0. The molecule has 1 heterocycles. The number of halogens is 2. The summed E-state index contributed by atoms with van der Waals surface area (Å²) >= 11 is 3.01. The second-order valence-electron chi connectivity index (χ2n) is 3.87. The van der Waals surface area contributed by atoms with E-state index in [0.717, 1.165) is 0 Å². The van der Waals surface area contributed by atoms with E-state index in [1.165, 1.54) is 24.5 Å². The number of rotatable bonds is 4. The van der Waals surface area contributed by atoms with E-state index in [1.54, 1.807) is 12.1 Å². The van der Waals surface area contributed by atoms with Gasteiger partial charge >= 0.3 is 0 Å². The van der Waals surface area contributed by atoms with Gasteiger partial charge < -0.3 is 14.8 Å². The summed E-state index contributed by atoms with van der Waals surface area (Å²) in [6, 6.07) is 7.21. The fourth-order valence-electron chi connectivity index (χ4n) is 1.51. The molecule has 2 rings (SSSR count). The maximum absolute atomic E-state index is 13.0. The van der Waals surface area contributed by atoms with Gasteiger partial charge in [0.05, 0.1) is 17.3 Å². The second-order valence-corrected chi connectivity index (χ2v) is 4.72. The van der Waals surface area contributed by atoms with Crippen LogP contribution in [0, 0.1) is 5.82 Å². The van der Waals surface area contributed by atoms with Gasteiger partial charge in [0.2, 0.25) is 0 Å². The molecule has 0 spiro atoms.